The Labute approximate surface area is 113 Å². The van der Waals surface area contributed by atoms with Crippen molar-refractivity contribution in [2.24, 2.45) is 7.05 Å². The van der Waals surface area contributed by atoms with Gasteiger partial charge in [-0.25, -0.2) is 4.79 Å². The molecule has 0 radical (unpaired) electrons. The van der Waals surface area contributed by atoms with Crippen LogP contribution in [0.4, 0.5) is 5.69 Å². The van der Waals surface area contributed by atoms with Crippen LogP contribution >= 0.6 is 15.9 Å². The minimum atomic E-state index is -0.936. The van der Waals surface area contributed by atoms with Crippen molar-refractivity contribution >= 4 is 27.6 Å². The Bertz CT molecular complexity index is 580. The molecule has 0 spiro atoms. The maximum absolute atomic E-state index is 10.8. The van der Waals surface area contributed by atoms with E-state index in [1.54, 1.807) is 29.1 Å². The van der Waals surface area contributed by atoms with Crippen molar-refractivity contribution in [1.82, 2.24) is 9.78 Å². The quantitative estimate of drug-likeness (QED) is 0.910. The van der Waals surface area contributed by atoms with Crippen LogP contribution in [0.1, 0.15) is 16.1 Å². The number of nitrogens with one attached hydrogen (secondary N) is 1. The molecule has 0 bridgehead atoms. The predicted octanol–water partition coefficient (Wildman–Crippen LogP) is 2.49. The molecule has 18 heavy (non-hydrogen) atoms. The molecule has 2 rings (SSSR count). The van der Waals surface area contributed by atoms with Gasteiger partial charge in [0.2, 0.25) is 0 Å². The number of hydrogen-bond acceptors (Lipinski definition) is 3. The molecule has 0 aliphatic carbocycles. The Kier molecular flexibility index (Phi) is 3.66. The zero-order valence-electron chi connectivity index (χ0n) is 9.72. The van der Waals surface area contributed by atoms with Crippen molar-refractivity contribution in [2.45, 2.75) is 6.54 Å². The average Bonchev–Trinajstić information content (AvgIpc) is 2.73. The maximum Gasteiger partial charge on any atom is 0.335 e. The van der Waals surface area contributed by atoms with Gasteiger partial charge in [-0.2, -0.15) is 5.10 Å². The number of carboxylic acid groups (broad SMARTS) is 1. The van der Waals surface area contributed by atoms with Crippen molar-refractivity contribution in [3.8, 4) is 0 Å². The van der Waals surface area contributed by atoms with Gasteiger partial charge in [0.1, 0.15) is 0 Å². The molecular formula is C12H12BrN3O2. The van der Waals surface area contributed by atoms with Crippen LogP contribution in [0, 0.1) is 0 Å². The van der Waals surface area contributed by atoms with Gasteiger partial charge < -0.3 is 10.4 Å². The van der Waals surface area contributed by atoms with E-state index < -0.39 is 5.97 Å². The summed E-state index contributed by atoms with van der Waals surface area (Å²) in [6, 6.07) is 6.81. The molecule has 1 aromatic carbocycles. The summed E-state index contributed by atoms with van der Waals surface area (Å²) < 4.78 is 2.51. The zero-order chi connectivity index (χ0) is 13.1. The number of rotatable bonds is 4. The average molecular weight is 310 g/mol. The highest BCUT2D eigenvalue weighted by Crippen LogP contribution is 2.24. The highest BCUT2D eigenvalue weighted by Gasteiger charge is 2.07. The second kappa shape index (κ2) is 5.22. The molecule has 5 nitrogen and oxygen atoms in total. The molecule has 0 saturated carbocycles. The van der Waals surface area contributed by atoms with Gasteiger partial charge in [0.05, 0.1) is 17.8 Å². The van der Waals surface area contributed by atoms with Crippen LogP contribution in [0.5, 0.6) is 0 Å². The van der Waals surface area contributed by atoms with Gasteiger partial charge in [-0.05, 0) is 40.2 Å². The van der Waals surface area contributed by atoms with Gasteiger partial charge in [0, 0.05) is 23.4 Å². The number of aryl methyl sites for hydroxylation is 1. The second-order valence-electron chi connectivity index (χ2n) is 3.80. The fourth-order valence-electron chi connectivity index (χ4n) is 1.55. The fraction of sp³-hybridized carbons (Fsp3) is 0.167. The first-order chi connectivity index (χ1) is 8.58. The number of halogens is 1. The summed E-state index contributed by atoms with van der Waals surface area (Å²) in [6.45, 7) is 0.627. The third-order valence-corrected chi connectivity index (χ3v) is 3.25. The molecule has 0 aliphatic heterocycles. The van der Waals surface area contributed by atoms with E-state index in [0.717, 1.165) is 15.9 Å². The summed E-state index contributed by atoms with van der Waals surface area (Å²) in [5.74, 6) is -0.936. The Hall–Kier alpha value is -1.82. The minimum Gasteiger partial charge on any atom is -0.478 e. The summed E-state index contributed by atoms with van der Waals surface area (Å²) >= 11 is 3.35. The van der Waals surface area contributed by atoms with E-state index in [4.69, 9.17) is 5.11 Å². The first-order valence-corrected chi connectivity index (χ1v) is 6.11. The largest absolute Gasteiger partial charge is 0.478 e. The number of benzene rings is 1. The van der Waals surface area contributed by atoms with E-state index >= 15 is 0 Å². The number of nitrogens with zero attached hydrogens (tertiary/aromatic N) is 2. The summed E-state index contributed by atoms with van der Waals surface area (Å²) in [6.07, 6.45) is 1.74. The highest BCUT2D eigenvalue weighted by atomic mass is 79.9. The van der Waals surface area contributed by atoms with Gasteiger partial charge in [-0.1, -0.05) is 0 Å². The molecular weight excluding hydrogens is 298 g/mol. The molecule has 94 valence electrons. The number of carboxylic acids is 1. The molecule has 0 aliphatic rings. The lowest BCUT2D eigenvalue weighted by Crippen LogP contribution is -2.06. The van der Waals surface area contributed by atoms with Crippen molar-refractivity contribution in [2.75, 3.05) is 5.32 Å². The van der Waals surface area contributed by atoms with E-state index in [9.17, 15) is 4.79 Å². The highest BCUT2D eigenvalue weighted by molar-refractivity contribution is 9.10. The molecule has 1 heterocycles. The molecule has 2 N–H and O–H groups in total. The van der Waals surface area contributed by atoms with Crippen molar-refractivity contribution < 1.29 is 9.90 Å². The number of aromatic nitrogens is 2. The van der Waals surface area contributed by atoms with Gasteiger partial charge in [0.15, 0.2) is 0 Å². The van der Waals surface area contributed by atoms with Crippen molar-refractivity contribution in [3.05, 3.63) is 46.2 Å². The molecule has 2 aromatic rings. The van der Waals surface area contributed by atoms with Gasteiger partial charge in [0.25, 0.3) is 0 Å². The van der Waals surface area contributed by atoms with Crippen LogP contribution in [0.2, 0.25) is 0 Å². The van der Waals surface area contributed by atoms with Crippen LogP contribution in [-0.2, 0) is 13.6 Å². The summed E-state index contributed by atoms with van der Waals surface area (Å²) in [7, 11) is 1.87. The number of hydrogen-bond donors (Lipinski definition) is 2. The minimum absolute atomic E-state index is 0.257. The molecule has 6 heteroatoms. The second-order valence-corrected chi connectivity index (χ2v) is 4.65. The SMILES string of the molecule is Cn1nccc1CNc1ccc(C(=O)O)cc1Br. The predicted molar refractivity (Wildman–Crippen MR) is 71.6 cm³/mol. The lowest BCUT2D eigenvalue weighted by molar-refractivity contribution is 0.0697. The standard InChI is InChI=1S/C12H12BrN3O2/c1-16-9(4-5-15-16)7-14-11-3-2-8(12(17)18)6-10(11)13/h2-6,14H,7H2,1H3,(H,17,18). The first-order valence-electron chi connectivity index (χ1n) is 5.31. The van der Waals surface area contributed by atoms with E-state index in [1.807, 2.05) is 13.1 Å². The normalized spacial score (nSPS) is 10.3. The van der Waals surface area contributed by atoms with E-state index in [0.29, 0.717) is 6.54 Å². The summed E-state index contributed by atoms with van der Waals surface area (Å²) in [4.78, 5) is 10.8. The molecule has 0 atom stereocenters. The first kappa shape index (κ1) is 12.6. The molecule has 0 fully saturated rings. The van der Waals surface area contributed by atoms with E-state index in [2.05, 4.69) is 26.3 Å². The number of anilines is 1. The van der Waals surface area contributed by atoms with E-state index in [-0.39, 0.29) is 5.56 Å². The maximum atomic E-state index is 10.8. The van der Waals surface area contributed by atoms with Crippen LogP contribution in [-0.4, -0.2) is 20.9 Å². The lowest BCUT2D eigenvalue weighted by atomic mass is 10.2. The smallest absolute Gasteiger partial charge is 0.335 e. The van der Waals surface area contributed by atoms with Crippen molar-refractivity contribution in [3.63, 3.8) is 0 Å². The van der Waals surface area contributed by atoms with Gasteiger partial charge >= 0.3 is 5.97 Å². The molecule has 0 unspecified atom stereocenters. The third kappa shape index (κ3) is 2.70. The van der Waals surface area contributed by atoms with Gasteiger partial charge in [-0.3, -0.25) is 4.68 Å². The molecule has 1 aromatic heterocycles. The van der Waals surface area contributed by atoms with Crippen LogP contribution in [0.15, 0.2) is 34.9 Å². The summed E-state index contributed by atoms with van der Waals surface area (Å²) in [5.41, 5.74) is 2.15. The zero-order valence-corrected chi connectivity index (χ0v) is 11.3. The Balaban J connectivity index is 2.11. The van der Waals surface area contributed by atoms with Crippen LogP contribution in [0.25, 0.3) is 0 Å². The van der Waals surface area contributed by atoms with Crippen molar-refractivity contribution in [1.29, 1.82) is 0 Å². The number of carbonyl (C=O) groups is 1. The summed E-state index contributed by atoms with van der Waals surface area (Å²) in [5, 5.41) is 16.2. The Morgan fingerprint density at radius 1 is 1.50 bits per heavy atom. The molecule has 0 amide bonds. The Morgan fingerprint density at radius 3 is 2.83 bits per heavy atom. The Morgan fingerprint density at radius 2 is 2.28 bits per heavy atom. The van der Waals surface area contributed by atoms with Crippen LogP contribution in [0.3, 0.4) is 0 Å². The van der Waals surface area contributed by atoms with Crippen LogP contribution < -0.4 is 5.32 Å². The van der Waals surface area contributed by atoms with Gasteiger partial charge in [-0.15, -0.1) is 0 Å². The van der Waals surface area contributed by atoms with E-state index in [1.165, 1.54) is 0 Å². The fourth-order valence-corrected chi connectivity index (χ4v) is 2.07. The monoisotopic (exact) mass is 309 g/mol. The third-order valence-electron chi connectivity index (χ3n) is 2.60. The lowest BCUT2D eigenvalue weighted by Gasteiger charge is -2.09. The molecule has 0 saturated heterocycles. The topological polar surface area (TPSA) is 67.2 Å². The number of aromatic carboxylic acids is 1.